The summed E-state index contributed by atoms with van der Waals surface area (Å²) in [6.45, 7) is 6.67. The molecule has 1 aromatic heterocycles. The fraction of sp³-hybridized carbons (Fsp3) is 0.143. The summed E-state index contributed by atoms with van der Waals surface area (Å²) in [6.07, 6.45) is 1.92. The largest absolute Gasteiger partial charge is 0.319 e. The Balaban J connectivity index is 1.64. The molecule has 0 aliphatic rings. The van der Waals surface area contributed by atoms with E-state index in [0.717, 1.165) is 28.2 Å². The zero-order chi connectivity index (χ0) is 22.5. The van der Waals surface area contributed by atoms with Gasteiger partial charge in [-0.05, 0) is 43.5 Å². The van der Waals surface area contributed by atoms with Gasteiger partial charge in [0.1, 0.15) is 0 Å². The third-order valence-corrected chi connectivity index (χ3v) is 5.47. The van der Waals surface area contributed by atoms with E-state index >= 15 is 0 Å². The van der Waals surface area contributed by atoms with Gasteiger partial charge < -0.3 is 5.32 Å². The minimum Gasteiger partial charge on any atom is -0.319 e. The van der Waals surface area contributed by atoms with Crippen molar-refractivity contribution in [2.75, 3.05) is 5.32 Å². The van der Waals surface area contributed by atoms with Crippen LogP contribution in [0.1, 0.15) is 33.6 Å². The normalized spacial score (nSPS) is 11.4. The fourth-order valence-corrected chi connectivity index (χ4v) is 3.81. The van der Waals surface area contributed by atoms with E-state index in [1.807, 2.05) is 85.3 Å². The highest BCUT2D eigenvalue weighted by Crippen LogP contribution is 2.25. The summed E-state index contributed by atoms with van der Waals surface area (Å²) in [7, 11) is 0. The van der Waals surface area contributed by atoms with E-state index in [1.54, 1.807) is 0 Å². The number of amides is 1. The van der Waals surface area contributed by atoms with E-state index in [9.17, 15) is 4.79 Å². The molecule has 0 unspecified atom stereocenters. The predicted octanol–water partition coefficient (Wildman–Crippen LogP) is 6.04. The van der Waals surface area contributed by atoms with Crippen molar-refractivity contribution in [2.24, 2.45) is 0 Å². The summed E-state index contributed by atoms with van der Waals surface area (Å²) < 4.78 is 1.95. The molecule has 4 rings (SSSR count). The lowest BCUT2D eigenvalue weighted by molar-refractivity contribution is -0.111. The zero-order valence-electron chi connectivity index (χ0n) is 18.7. The molecule has 160 valence electrons. The standard InChI is InChI=1S/C28H27N3O/c1-20-11-10-14-24(17-20)19-31-22(3)27(21(2)30-31)29-28(32)26(25-15-8-5-9-16-25)18-23-12-6-4-7-13-23/h4-18H,19H2,1-3H3,(H,29,32)/b26-18-. The first-order chi connectivity index (χ1) is 15.5. The van der Waals surface area contributed by atoms with Crippen LogP contribution in [0.4, 0.5) is 5.69 Å². The first-order valence-corrected chi connectivity index (χ1v) is 10.7. The van der Waals surface area contributed by atoms with Crippen molar-refractivity contribution >= 4 is 23.2 Å². The quantitative estimate of drug-likeness (QED) is 0.305. The van der Waals surface area contributed by atoms with Crippen molar-refractivity contribution in [3.8, 4) is 0 Å². The molecule has 0 aliphatic carbocycles. The summed E-state index contributed by atoms with van der Waals surface area (Å²) >= 11 is 0. The van der Waals surface area contributed by atoms with E-state index in [-0.39, 0.29) is 5.91 Å². The van der Waals surface area contributed by atoms with Gasteiger partial charge in [0.2, 0.25) is 0 Å². The van der Waals surface area contributed by atoms with Crippen LogP contribution in [0.15, 0.2) is 84.9 Å². The molecule has 4 nitrogen and oxygen atoms in total. The molecule has 4 heteroatoms. The Morgan fingerprint density at radius 3 is 2.28 bits per heavy atom. The van der Waals surface area contributed by atoms with Gasteiger partial charge in [-0.2, -0.15) is 5.10 Å². The van der Waals surface area contributed by atoms with Crippen LogP contribution in [0.2, 0.25) is 0 Å². The van der Waals surface area contributed by atoms with Crippen LogP contribution in [-0.2, 0) is 11.3 Å². The number of hydrogen-bond donors (Lipinski definition) is 1. The van der Waals surface area contributed by atoms with Crippen LogP contribution in [0.3, 0.4) is 0 Å². The van der Waals surface area contributed by atoms with Crippen LogP contribution >= 0.6 is 0 Å². The molecule has 0 saturated carbocycles. The van der Waals surface area contributed by atoms with Crippen LogP contribution in [0, 0.1) is 20.8 Å². The minimum absolute atomic E-state index is 0.152. The minimum atomic E-state index is -0.152. The molecule has 0 saturated heterocycles. The van der Waals surface area contributed by atoms with Crippen LogP contribution in [0.5, 0.6) is 0 Å². The van der Waals surface area contributed by atoms with Gasteiger partial charge in [-0.15, -0.1) is 0 Å². The maximum atomic E-state index is 13.4. The molecular formula is C28H27N3O. The van der Waals surface area contributed by atoms with Crippen molar-refractivity contribution < 1.29 is 4.79 Å². The summed E-state index contributed by atoms with van der Waals surface area (Å²) in [5, 5.41) is 7.81. The molecule has 4 aromatic rings. The third kappa shape index (κ3) is 4.86. The Morgan fingerprint density at radius 1 is 0.906 bits per heavy atom. The molecule has 1 N–H and O–H groups in total. The predicted molar refractivity (Wildman–Crippen MR) is 131 cm³/mol. The second-order valence-electron chi connectivity index (χ2n) is 7.98. The Morgan fingerprint density at radius 2 is 1.59 bits per heavy atom. The van der Waals surface area contributed by atoms with Crippen LogP contribution in [-0.4, -0.2) is 15.7 Å². The molecule has 32 heavy (non-hydrogen) atoms. The molecule has 0 spiro atoms. The van der Waals surface area contributed by atoms with Gasteiger partial charge in [0.05, 0.1) is 23.6 Å². The Hall–Kier alpha value is -3.92. The Kier molecular flexibility index (Phi) is 6.31. The second kappa shape index (κ2) is 9.48. The number of carbonyl (C=O) groups is 1. The van der Waals surface area contributed by atoms with Crippen LogP contribution < -0.4 is 5.32 Å². The highest BCUT2D eigenvalue weighted by molar-refractivity contribution is 6.29. The molecule has 0 radical (unpaired) electrons. The molecule has 1 heterocycles. The molecule has 0 bridgehead atoms. The second-order valence-corrected chi connectivity index (χ2v) is 7.98. The van der Waals surface area contributed by atoms with Crippen molar-refractivity contribution in [3.63, 3.8) is 0 Å². The van der Waals surface area contributed by atoms with Gasteiger partial charge in [-0.3, -0.25) is 9.48 Å². The number of rotatable bonds is 6. The lowest BCUT2D eigenvalue weighted by atomic mass is 10.0. The van der Waals surface area contributed by atoms with E-state index in [0.29, 0.717) is 12.1 Å². The fourth-order valence-electron chi connectivity index (χ4n) is 3.81. The van der Waals surface area contributed by atoms with Gasteiger partial charge in [0.15, 0.2) is 0 Å². The summed E-state index contributed by atoms with van der Waals surface area (Å²) in [5.74, 6) is -0.152. The Labute approximate surface area is 189 Å². The molecule has 0 atom stereocenters. The molecular weight excluding hydrogens is 394 g/mol. The highest BCUT2D eigenvalue weighted by atomic mass is 16.1. The topological polar surface area (TPSA) is 46.9 Å². The van der Waals surface area contributed by atoms with E-state index in [2.05, 4.69) is 41.6 Å². The third-order valence-electron chi connectivity index (χ3n) is 5.47. The number of aryl methyl sites for hydroxylation is 2. The van der Waals surface area contributed by atoms with Crippen LogP contribution in [0.25, 0.3) is 11.6 Å². The van der Waals surface area contributed by atoms with Gasteiger partial charge >= 0.3 is 0 Å². The number of carbonyl (C=O) groups excluding carboxylic acids is 1. The molecule has 0 aliphatic heterocycles. The van der Waals surface area contributed by atoms with Crippen molar-refractivity contribution in [1.82, 2.24) is 9.78 Å². The molecule has 3 aromatic carbocycles. The Bertz CT molecular complexity index is 1250. The smallest absolute Gasteiger partial charge is 0.256 e. The van der Waals surface area contributed by atoms with E-state index < -0.39 is 0 Å². The van der Waals surface area contributed by atoms with E-state index in [4.69, 9.17) is 0 Å². The first-order valence-electron chi connectivity index (χ1n) is 10.7. The summed E-state index contributed by atoms with van der Waals surface area (Å²) in [6, 6.07) is 28.0. The average Bonchev–Trinajstić information content (AvgIpc) is 3.06. The summed E-state index contributed by atoms with van der Waals surface area (Å²) in [4.78, 5) is 13.4. The van der Waals surface area contributed by atoms with Crippen molar-refractivity contribution in [2.45, 2.75) is 27.3 Å². The van der Waals surface area contributed by atoms with Crippen molar-refractivity contribution in [3.05, 3.63) is 119 Å². The summed E-state index contributed by atoms with van der Waals surface area (Å²) in [5.41, 5.74) is 7.36. The van der Waals surface area contributed by atoms with Crippen molar-refractivity contribution in [1.29, 1.82) is 0 Å². The van der Waals surface area contributed by atoms with Gasteiger partial charge in [-0.1, -0.05) is 90.5 Å². The number of anilines is 1. The number of nitrogens with zero attached hydrogens (tertiary/aromatic N) is 2. The molecule has 1 amide bonds. The number of benzene rings is 3. The SMILES string of the molecule is Cc1cccc(Cn2nc(C)c(NC(=O)/C(=C\c3ccccc3)c3ccccc3)c2C)c1. The van der Waals surface area contributed by atoms with E-state index in [1.165, 1.54) is 11.1 Å². The average molecular weight is 422 g/mol. The number of hydrogen-bond acceptors (Lipinski definition) is 2. The maximum absolute atomic E-state index is 13.4. The number of nitrogens with one attached hydrogen (secondary N) is 1. The van der Waals surface area contributed by atoms with Gasteiger partial charge in [-0.25, -0.2) is 0 Å². The zero-order valence-corrected chi connectivity index (χ0v) is 18.7. The lowest BCUT2D eigenvalue weighted by Gasteiger charge is -2.11. The monoisotopic (exact) mass is 421 g/mol. The first kappa shape index (κ1) is 21.3. The molecule has 0 fully saturated rings. The van der Waals surface area contributed by atoms with Gasteiger partial charge in [0, 0.05) is 5.57 Å². The number of aromatic nitrogens is 2. The van der Waals surface area contributed by atoms with Gasteiger partial charge in [0.25, 0.3) is 5.91 Å². The lowest BCUT2D eigenvalue weighted by Crippen LogP contribution is -2.15. The highest BCUT2D eigenvalue weighted by Gasteiger charge is 2.18. The maximum Gasteiger partial charge on any atom is 0.256 e.